The number of amides is 1. The van der Waals surface area contributed by atoms with E-state index in [1.807, 2.05) is 0 Å². The van der Waals surface area contributed by atoms with E-state index in [4.69, 9.17) is 11.6 Å². The smallest absolute Gasteiger partial charge is 0.387 e. The molecule has 0 bridgehead atoms. The molecule has 4 nitrogen and oxygen atoms in total. The molecule has 0 unspecified atom stereocenters. The Balaban J connectivity index is 2.93. The highest BCUT2D eigenvalue weighted by Crippen LogP contribution is 2.37. The second-order valence-electron chi connectivity index (χ2n) is 3.54. The van der Waals surface area contributed by atoms with Gasteiger partial charge in [-0.25, -0.2) is 0 Å². The Labute approximate surface area is 122 Å². The highest BCUT2D eigenvalue weighted by atomic mass is 79.9. The Kier molecular flexibility index (Phi) is 6.47. The summed E-state index contributed by atoms with van der Waals surface area (Å²) in [5, 5.41) is 5.58. The van der Waals surface area contributed by atoms with Crippen molar-refractivity contribution in [2.24, 2.45) is 0 Å². The number of carbonyl (C=O) groups excluding carboxylic acids is 1. The van der Waals surface area contributed by atoms with E-state index in [0.29, 0.717) is 6.54 Å². The number of hydrogen-bond acceptors (Lipinski definition) is 3. The van der Waals surface area contributed by atoms with Crippen LogP contribution in [0.2, 0.25) is 5.02 Å². The van der Waals surface area contributed by atoms with Crippen LogP contribution >= 0.6 is 27.5 Å². The maximum atomic E-state index is 12.3. The molecule has 0 fully saturated rings. The van der Waals surface area contributed by atoms with Crippen molar-refractivity contribution in [3.05, 3.63) is 21.6 Å². The number of anilines is 1. The number of benzene rings is 1. The van der Waals surface area contributed by atoms with E-state index < -0.39 is 6.61 Å². The van der Waals surface area contributed by atoms with Gasteiger partial charge in [0.05, 0.1) is 10.2 Å². The number of rotatable bonds is 6. The van der Waals surface area contributed by atoms with Crippen molar-refractivity contribution < 1.29 is 18.3 Å². The highest BCUT2D eigenvalue weighted by molar-refractivity contribution is 9.10. The minimum absolute atomic E-state index is 0.0979. The lowest BCUT2D eigenvalue weighted by molar-refractivity contribution is -0.116. The normalized spacial score (nSPS) is 10.6. The molecule has 1 aromatic rings. The monoisotopic (exact) mass is 356 g/mol. The van der Waals surface area contributed by atoms with Gasteiger partial charge in [0, 0.05) is 18.0 Å². The predicted molar refractivity (Wildman–Crippen MR) is 73.0 cm³/mol. The first-order valence-electron chi connectivity index (χ1n) is 5.32. The van der Waals surface area contributed by atoms with E-state index in [1.54, 1.807) is 7.05 Å². The summed E-state index contributed by atoms with van der Waals surface area (Å²) in [5.41, 5.74) is 0.0979. The van der Waals surface area contributed by atoms with Gasteiger partial charge < -0.3 is 15.4 Å². The molecule has 0 saturated heterocycles. The molecule has 0 radical (unpaired) electrons. The van der Waals surface area contributed by atoms with Crippen LogP contribution in [-0.2, 0) is 4.79 Å². The van der Waals surface area contributed by atoms with E-state index in [2.05, 4.69) is 31.3 Å². The fourth-order valence-electron chi connectivity index (χ4n) is 1.31. The van der Waals surface area contributed by atoms with Gasteiger partial charge in [0.15, 0.2) is 5.75 Å². The number of nitrogens with one attached hydrogen (secondary N) is 2. The maximum absolute atomic E-state index is 12.3. The molecule has 0 heterocycles. The third-order valence-electron chi connectivity index (χ3n) is 2.09. The molecule has 0 atom stereocenters. The maximum Gasteiger partial charge on any atom is 0.387 e. The van der Waals surface area contributed by atoms with Crippen LogP contribution in [0.1, 0.15) is 6.42 Å². The van der Waals surface area contributed by atoms with Crippen LogP contribution in [0.4, 0.5) is 14.5 Å². The molecule has 0 saturated carbocycles. The lowest BCUT2D eigenvalue weighted by Crippen LogP contribution is -2.19. The second kappa shape index (κ2) is 7.62. The lowest BCUT2D eigenvalue weighted by Gasteiger charge is -2.14. The van der Waals surface area contributed by atoms with Crippen molar-refractivity contribution in [1.29, 1.82) is 0 Å². The third kappa shape index (κ3) is 5.30. The largest absolute Gasteiger partial charge is 0.431 e. The molecule has 1 aromatic carbocycles. The fraction of sp³-hybridized carbons (Fsp3) is 0.364. The van der Waals surface area contributed by atoms with Crippen molar-refractivity contribution >= 4 is 39.1 Å². The SMILES string of the molecule is CNCCC(=O)Nc1cc(Cl)cc(Br)c1OC(F)F. The minimum atomic E-state index is -2.99. The average Bonchev–Trinajstić information content (AvgIpc) is 2.30. The Bertz CT molecular complexity index is 461. The molecule has 0 aliphatic heterocycles. The minimum Gasteiger partial charge on any atom is -0.431 e. The Morgan fingerprint density at radius 1 is 1.53 bits per heavy atom. The predicted octanol–water partition coefficient (Wildman–Crippen LogP) is 3.25. The van der Waals surface area contributed by atoms with Gasteiger partial charge in [-0.3, -0.25) is 4.79 Å². The first-order valence-corrected chi connectivity index (χ1v) is 6.49. The van der Waals surface area contributed by atoms with E-state index in [0.717, 1.165) is 0 Å². The zero-order valence-electron chi connectivity index (χ0n) is 9.97. The number of alkyl halides is 2. The van der Waals surface area contributed by atoms with Gasteiger partial charge in [0.2, 0.25) is 5.91 Å². The molecule has 19 heavy (non-hydrogen) atoms. The molecular formula is C11H12BrClF2N2O2. The summed E-state index contributed by atoms with van der Waals surface area (Å²) < 4.78 is 29.3. The quantitative estimate of drug-likeness (QED) is 0.822. The van der Waals surface area contributed by atoms with E-state index in [-0.39, 0.29) is 33.3 Å². The Hall–Kier alpha value is -0.920. The van der Waals surface area contributed by atoms with Crippen molar-refractivity contribution in [2.75, 3.05) is 18.9 Å². The molecule has 0 aliphatic rings. The molecule has 8 heteroatoms. The van der Waals surface area contributed by atoms with Crippen LogP contribution in [0.5, 0.6) is 5.75 Å². The van der Waals surface area contributed by atoms with Crippen LogP contribution in [0, 0.1) is 0 Å². The lowest BCUT2D eigenvalue weighted by atomic mass is 10.2. The molecule has 1 rings (SSSR count). The summed E-state index contributed by atoms with van der Waals surface area (Å²) in [7, 11) is 1.70. The fourth-order valence-corrected chi connectivity index (χ4v) is 2.22. The van der Waals surface area contributed by atoms with Gasteiger partial charge in [0.1, 0.15) is 0 Å². The molecular weight excluding hydrogens is 345 g/mol. The molecule has 0 aromatic heterocycles. The molecule has 2 N–H and O–H groups in total. The van der Waals surface area contributed by atoms with Crippen molar-refractivity contribution in [1.82, 2.24) is 5.32 Å². The zero-order valence-corrected chi connectivity index (χ0v) is 12.3. The molecule has 0 aliphatic carbocycles. The van der Waals surface area contributed by atoms with Crippen LogP contribution in [-0.4, -0.2) is 26.1 Å². The van der Waals surface area contributed by atoms with Gasteiger partial charge in [-0.05, 0) is 35.1 Å². The molecule has 0 spiro atoms. The van der Waals surface area contributed by atoms with Crippen LogP contribution in [0.3, 0.4) is 0 Å². The summed E-state index contributed by atoms with van der Waals surface area (Å²) >= 11 is 8.87. The molecule has 106 valence electrons. The highest BCUT2D eigenvalue weighted by Gasteiger charge is 2.16. The average molecular weight is 358 g/mol. The number of ether oxygens (including phenoxy) is 1. The summed E-state index contributed by atoms with van der Waals surface area (Å²) in [6.45, 7) is -2.52. The van der Waals surface area contributed by atoms with E-state index in [1.165, 1.54) is 12.1 Å². The van der Waals surface area contributed by atoms with Gasteiger partial charge in [-0.2, -0.15) is 8.78 Å². The van der Waals surface area contributed by atoms with Crippen LogP contribution in [0.15, 0.2) is 16.6 Å². The van der Waals surface area contributed by atoms with E-state index in [9.17, 15) is 13.6 Å². The summed E-state index contributed by atoms with van der Waals surface area (Å²) in [6, 6.07) is 2.75. The summed E-state index contributed by atoms with van der Waals surface area (Å²) in [5.74, 6) is -0.486. The van der Waals surface area contributed by atoms with Crippen LogP contribution < -0.4 is 15.4 Å². The summed E-state index contributed by atoms with van der Waals surface area (Å²) in [4.78, 5) is 11.6. The Morgan fingerprint density at radius 2 is 2.21 bits per heavy atom. The topological polar surface area (TPSA) is 50.4 Å². The van der Waals surface area contributed by atoms with Crippen LogP contribution in [0.25, 0.3) is 0 Å². The van der Waals surface area contributed by atoms with E-state index >= 15 is 0 Å². The zero-order chi connectivity index (χ0) is 14.4. The van der Waals surface area contributed by atoms with Gasteiger partial charge in [-0.1, -0.05) is 11.6 Å². The number of hydrogen-bond donors (Lipinski definition) is 2. The molecule has 1 amide bonds. The second-order valence-corrected chi connectivity index (χ2v) is 4.84. The Morgan fingerprint density at radius 3 is 2.79 bits per heavy atom. The van der Waals surface area contributed by atoms with Gasteiger partial charge >= 0.3 is 6.61 Å². The first kappa shape index (κ1) is 16.1. The van der Waals surface area contributed by atoms with Crippen molar-refractivity contribution in [3.63, 3.8) is 0 Å². The first-order chi connectivity index (χ1) is 8.93. The number of carbonyl (C=O) groups is 1. The standard InChI is InChI=1S/C11H12BrClF2N2O2/c1-16-3-2-9(18)17-8-5-6(13)4-7(12)10(8)19-11(14)15/h4-5,11,16H,2-3H2,1H3,(H,17,18). The third-order valence-corrected chi connectivity index (χ3v) is 2.90. The van der Waals surface area contributed by atoms with Gasteiger partial charge in [0.25, 0.3) is 0 Å². The van der Waals surface area contributed by atoms with Crippen molar-refractivity contribution in [2.45, 2.75) is 13.0 Å². The number of halogens is 4. The van der Waals surface area contributed by atoms with Gasteiger partial charge in [-0.15, -0.1) is 0 Å². The van der Waals surface area contributed by atoms with Crippen molar-refractivity contribution in [3.8, 4) is 5.75 Å². The summed E-state index contributed by atoms with van der Waals surface area (Å²) in [6.07, 6.45) is 0.203.